The second-order valence-electron chi connectivity index (χ2n) is 7.24. The number of benzene rings is 2. The minimum Gasteiger partial charge on any atom is -0.481 e. The second-order valence-corrected chi connectivity index (χ2v) is 8.92. The summed E-state index contributed by atoms with van der Waals surface area (Å²) in [7, 11) is -3.74. The van der Waals surface area contributed by atoms with Crippen LogP contribution in [0.4, 0.5) is 5.69 Å². The highest BCUT2D eigenvalue weighted by atomic mass is 32.2. The number of hydrogen-bond donors (Lipinski definition) is 1. The maximum absolute atomic E-state index is 12.8. The zero-order valence-electron chi connectivity index (χ0n) is 17.6. The summed E-state index contributed by atoms with van der Waals surface area (Å²) in [6.07, 6.45) is 0.0595. The van der Waals surface area contributed by atoms with Crippen LogP contribution >= 0.6 is 0 Å². The van der Waals surface area contributed by atoms with Gasteiger partial charge in [-0.05, 0) is 55.7 Å². The van der Waals surface area contributed by atoms with Crippen LogP contribution in [-0.4, -0.2) is 51.6 Å². The third kappa shape index (κ3) is 5.12. The van der Waals surface area contributed by atoms with Gasteiger partial charge < -0.3 is 14.4 Å². The number of rotatable bonds is 7. The predicted octanol–water partition coefficient (Wildman–Crippen LogP) is 2.98. The lowest BCUT2D eigenvalue weighted by atomic mass is 10.1. The Kier molecular flexibility index (Phi) is 6.99. The van der Waals surface area contributed by atoms with E-state index < -0.39 is 16.1 Å². The Morgan fingerprint density at radius 2 is 1.83 bits per heavy atom. The van der Waals surface area contributed by atoms with E-state index in [1.165, 1.54) is 12.1 Å². The molecule has 1 amide bonds. The number of anilines is 1. The Morgan fingerprint density at radius 3 is 2.47 bits per heavy atom. The van der Waals surface area contributed by atoms with Crippen molar-refractivity contribution < 1.29 is 22.7 Å². The van der Waals surface area contributed by atoms with Crippen molar-refractivity contribution in [2.24, 2.45) is 0 Å². The predicted molar refractivity (Wildman–Crippen MR) is 115 cm³/mol. The SMILES string of the molecule is CCc1cccc(C)c1NS(=O)(=O)c1ccc(O[C@H](C)C(=O)N2CCOCC2)cc1. The summed E-state index contributed by atoms with van der Waals surface area (Å²) in [4.78, 5) is 14.3. The number of aryl methyl sites for hydroxylation is 2. The van der Waals surface area contributed by atoms with Crippen LogP contribution in [0.5, 0.6) is 5.75 Å². The van der Waals surface area contributed by atoms with Crippen LogP contribution in [-0.2, 0) is 26.0 Å². The van der Waals surface area contributed by atoms with Gasteiger partial charge in [-0.25, -0.2) is 8.42 Å². The molecule has 7 nitrogen and oxygen atoms in total. The van der Waals surface area contributed by atoms with Gasteiger partial charge in [0.25, 0.3) is 15.9 Å². The molecule has 162 valence electrons. The minimum absolute atomic E-state index is 0.108. The number of nitrogens with zero attached hydrogens (tertiary/aromatic N) is 1. The molecule has 0 aliphatic carbocycles. The van der Waals surface area contributed by atoms with Crippen LogP contribution < -0.4 is 9.46 Å². The van der Waals surface area contributed by atoms with E-state index in [4.69, 9.17) is 9.47 Å². The standard InChI is InChI=1S/C22H28N2O5S/c1-4-18-7-5-6-16(2)21(18)23-30(26,27)20-10-8-19(9-11-20)29-17(3)22(25)24-12-14-28-15-13-24/h5-11,17,23H,4,12-15H2,1-3H3/t17-/m1/s1. The number of morpholine rings is 1. The van der Waals surface area contributed by atoms with Crippen LogP contribution in [0, 0.1) is 6.92 Å². The van der Waals surface area contributed by atoms with Gasteiger partial charge in [-0.2, -0.15) is 0 Å². The summed E-state index contributed by atoms with van der Waals surface area (Å²) < 4.78 is 39.4. The first-order valence-corrected chi connectivity index (χ1v) is 11.5. The smallest absolute Gasteiger partial charge is 0.263 e. The lowest BCUT2D eigenvalue weighted by Crippen LogP contribution is -2.46. The summed E-state index contributed by atoms with van der Waals surface area (Å²) in [5.41, 5.74) is 2.42. The lowest BCUT2D eigenvalue weighted by molar-refractivity contribution is -0.142. The van der Waals surface area contributed by atoms with Gasteiger partial charge in [-0.1, -0.05) is 25.1 Å². The zero-order chi connectivity index (χ0) is 21.7. The molecule has 1 N–H and O–H groups in total. The van der Waals surface area contributed by atoms with Crippen molar-refractivity contribution in [2.45, 2.75) is 38.2 Å². The van der Waals surface area contributed by atoms with Crippen molar-refractivity contribution in [1.29, 1.82) is 0 Å². The van der Waals surface area contributed by atoms with Gasteiger partial charge in [-0.15, -0.1) is 0 Å². The van der Waals surface area contributed by atoms with Crippen LogP contribution in [0.25, 0.3) is 0 Å². The molecule has 0 bridgehead atoms. The first-order chi connectivity index (χ1) is 14.3. The summed E-state index contributed by atoms with van der Waals surface area (Å²) in [6.45, 7) is 7.70. The van der Waals surface area contributed by atoms with Crippen molar-refractivity contribution in [3.63, 3.8) is 0 Å². The largest absolute Gasteiger partial charge is 0.481 e. The second kappa shape index (κ2) is 9.49. The monoisotopic (exact) mass is 432 g/mol. The van der Waals surface area contributed by atoms with Crippen molar-refractivity contribution in [2.75, 3.05) is 31.0 Å². The topological polar surface area (TPSA) is 84.9 Å². The van der Waals surface area contributed by atoms with Gasteiger partial charge in [0.15, 0.2) is 6.10 Å². The molecule has 1 heterocycles. The normalized spacial score (nSPS) is 15.5. The molecule has 1 atom stereocenters. The molecular formula is C22H28N2O5S. The average molecular weight is 433 g/mol. The van der Waals surface area contributed by atoms with Crippen LogP contribution in [0.3, 0.4) is 0 Å². The Labute approximate surface area is 178 Å². The Balaban J connectivity index is 1.69. The molecule has 0 aromatic heterocycles. The number of carbonyl (C=O) groups is 1. The molecule has 8 heteroatoms. The molecular weight excluding hydrogens is 404 g/mol. The molecule has 2 aromatic rings. The molecule has 1 fully saturated rings. The highest BCUT2D eigenvalue weighted by molar-refractivity contribution is 7.92. The fraction of sp³-hybridized carbons (Fsp3) is 0.409. The number of hydrogen-bond acceptors (Lipinski definition) is 5. The molecule has 0 saturated carbocycles. The fourth-order valence-electron chi connectivity index (χ4n) is 3.36. The van der Waals surface area contributed by atoms with E-state index in [0.717, 1.165) is 17.5 Å². The molecule has 0 spiro atoms. The minimum atomic E-state index is -3.74. The van der Waals surface area contributed by atoms with E-state index in [-0.39, 0.29) is 10.8 Å². The number of nitrogens with one attached hydrogen (secondary N) is 1. The zero-order valence-corrected chi connectivity index (χ0v) is 18.4. The molecule has 30 heavy (non-hydrogen) atoms. The van der Waals surface area contributed by atoms with Crippen molar-refractivity contribution in [1.82, 2.24) is 4.90 Å². The maximum Gasteiger partial charge on any atom is 0.263 e. The Bertz CT molecular complexity index is 983. The quantitative estimate of drug-likeness (QED) is 0.727. The third-order valence-electron chi connectivity index (χ3n) is 5.09. The molecule has 1 aliphatic rings. The van der Waals surface area contributed by atoms with Gasteiger partial charge in [-0.3, -0.25) is 9.52 Å². The first-order valence-electron chi connectivity index (χ1n) is 10.1. The van der Waals surface area contributed by atoms with Gasteiger partial charge in [0.2, 0.25) is 0 Å². The van der Waals surface area contributed by atoms with E-state index in [2.05, 4.69) is 4.72 Å². The number of amides is 1. The van der Waals surface area contributed by atoms with E-state index in [9.17, 15) is 13.2 Å². The molecule has 3 rings (SSSR count). The first kappa shape index (κ1) is 22.1. The van der Waals surface area contributed by atoms with Gasteiger partial charge >= 0.3 is 0 Å². The Hall–Kier alpha value is -2.58. The third-order valence-corrected chi connectivity index (χ3v) is 6.46. The van der Waals surface area contributed by atoms with E-state index in [0.29, 0.717) is 37.7 Å². The van der Waals surface area contributed by atoms with Gasteiger partial charge in [0.1, 0.15) is 5.75 Å². The van der Waals surface area contributed by atoms with Crippen molar-refractivity contribution >= 4 is 21.6 Å². The number of ether oxygens (including phenoxy) is 2. The average Bonchev–Trinajstić information content (AvgIpc) is 2.75. The fourth-order valence-corrected chi connectivity index (χ4v) is 4.53. The van der Waals surface area contributed by atoms with Crippen LogP contribution in [0.1, 0.15) is 25.0 Å². The number of carbonyl (C=O) groups excluding carboxylic acids is 1. The number of para-hydroxylation sites is 1. The molecule has 0 radical (unpaired) electrons. The van der Waals surface area contributed by atoms with E-state index in [1.54, 1.807) is 24.0 Å². The van der Waals surface area contributed by atoms with Gasteiger partial charge in [0.05, 0.1) is 23.8 Å². The number of sulfonamides is 1. The maximum atomic E-state index is 12.8. The molecule has 1 saturated heterocycles. The molecule has 1 aliphatic heterocycles. The summed E-state index contributed by atoms with van der Waals surface area (Å²) in [6, 6.07) is 11.8. The molecule has 0 unspecified atom stereocenters. The lowest BCUT2D eigenvalue weighted by Gasteiger charge is -2.29. The highest BCUT2D eigenvalue weighted by Gasteiger charge is 2.24. The van der Waals surface area contributed by atoms with Crippen LogP contribution in [0.2, 0.25) is 0 Å². The molecule has 2 aromatic carbocycles. The van der Waals surface area contributed by atoms with Crippen molar-refractivity contribution in [3.8, 4) is 5.75 Å². The van der Waals surface area contributed by atoms with E-state index in [1.807, 2.05) is 32.0 Å². The summed E-state index contributed by atoms with van der Waals surface area (Å²) >= 11 is 0. The van der Waals surface area contributed by atoms with Crippen molar-refractivity contribution in [3.05, 3.63) is 53.6 Å². The van der Waals surface area contributed by atoms with Gasteiger partial charge in [0, 0.05) is 13.1 Å². The Morgan fingerprint density at radius 1 is 1.17 bits per heavy atom. The van der Waals surface area contributed by atoms with Crippen LogP contribution in [0.15, 0.2) is 47.4 Å². The summed E-state index contributed by atoms with van der Waals surface area (Å²) in [5.74, 6) is 0.330. The highest BCUT2D eigenvalue weighted by Crippen LogP contribution is 2.25. The summed E-state index contributed by atoms with van der Waals surface area (Å²) in [5, 5.41) is 0. The van der Waals surface area contributed by atoms with E-state index >= 15 is 0 Å².